The van der Waals surface area contributed by atoms with E-state index in [1.165, 1.54) is 0 Å². The fourth-order valence-corrected chi connectivity index (χ4v) is 3.77. The SMILES string of the molecule is COCc1nn2c3c(nnc2c1-c1cccc(Cl)c1)C(=O)CC(C)(C)C3. The average molecular weight is 371 g/mol. The summed E-state index contributed by atoms with van der Waals surface area (Å²) in [4.78, 5) is 12.5. The van der Waals surface area contributed by atoms with Crippen LogP contribution in [-0.2, 0) is 17.8 Å². The molecule has 0 bridgehead atoms. The number of nitrogens with zero attached hydrogens (tertiary/aromatic N) is 4. The molecule has 134 valence electrons. The highest BCUT2D eigenvalue weighted by molar-refractivity contribution is 6.30. The second-order valence-electron chi connectivity index (χ2n) is 7.44. The summed E-state index contributed by atoms with van der Waals surface area (Å²) in [5.74, 6) is 0.0127. The molecule has 0 fully saturated rings. The average Bonchev–Trinajstić information content (AvgIpc) is 2.93. The molecular weight excluding hydrogens is 352 g/mol. The van der Waals surface area contributed by atoms with Gasteiger partial charge >= 0.3 is 0 Å². The number of fused-ring (bicyclic) bond motifs is 3. The third-order valence-corrected chi connectivity index (χ3v) is 4.89. The highest BCUT2D eigenvalue weighted by atomic mass is 35.5. The standard InChI is InChI=1S/C19H19ClN4O2/c1-19(2)8-14-17(15(25)9-19)21-22-18-16(11-5-4-6-12(20)7-11)13(10-26-3)23-24(14)18/h4-7H,8-10H2,1-3H3. The van der Waals surface area contributed by atoms with E-state index in [0.717, 1.165) is 22.5 Å². The van der Waals surface area contributed by atoms with Gasteiger partial charge < -0.3 is 4.74 Å². The van der Waals surface area contributed by atoms with Crippen LogP contribution in [0.15, 0.2) is 24.3 Å². The van der Waals surface area contributed by atoms with Gasteiger partial charge in [0.1, 0.15) is 0 Å². The number of methoxy groups -OCH3 is 1. The van der Waals surface area contributed by atoms with Gasteiger partial charge in [0, 0.05) is 18.6 Å². The van der Waals surface area contributed by atoms with Crippen molar-refractivity contribution in [2.45, 2.75) is 33.3 Å². The molecule has 7 heteroatoms. The van der Waals surface area contributed by atoms with Gasteiger partial charge in [-0.15, -0.1) is 10.2 Å². The zero-order chi connectivity index (χ0) is 18.5. The number of benzene rings is 1. The zero-order valence-electron chi connectivity index (χ0n) is 14.9. The van der Waals surface area contributed by atoms with Crippen LogP contribution in [-0.4, -0.2) is 32.7 Å². The van der Waals surface area contributed by atoms with Crippen LogP contribution in [0.25, 0.3) is 16.8 Å². The minimum absolute atomic E-state index is 0.0127. The van der Waals surface area contributed by atoms with Gasteiger partial charge in [-0.05, 0) is 29.5 Å². The molecule has 0 atom stereocenters. The van der Waals surface area contributed by atoms with Crippen molar-refractivity contribution in [3.05, 3.63) is 46.4 Å². The third kappa shape index (κ3) is 2.79. The Morgan fingerprint density at radius 1 is 1.27 bits per heavy atom. The summed E-state index contributed by atoms with van der Waals surface area (Å²) in [6.07, 6.45) is 1.18. The summed E-state index contributed by atoms with van der Waals surface area (Å²) in [5, 5.41) is 13.9. The normalized spacial score (nSPS) is 16.1. The summed E-state index contributed by atoms with van der Waals surface area (Å²) < 4.78 is 7.09. The summed E-state index contributed by atoms with van der Waals surface area (Å²) in [6, 6.07) is 7.53. The number of ketones is 1. The number of aromatic nitrogens is 4. The van der Waals surface area contributed by atoms with Gasteiger partial charge in [-0.3, -0.25) is 4.79 Å². The van der Waals surface area contributed by atoms with Crippen molar-refractivity contribution >= 4 is 23.0 Å². The first-order chi connectivity index (χ1) is 12.4. The van der Waals surface area contributed by atoms with E-state index in [1.54, 1.807) is 11.6 Å². The monoisotopic (exact) mass is 370 g/mol. The molecule has 0 saturated carbocycles. The second-order valence-corrected chi connectivity index (χ2v) is 7.87. The van der Waals surface area contributed by atoms with Gasteiger partial charge in [0.05, 0.1) is 23.6 Å². The lowest BCUT2D eigenvalue weighted by atomic mass is 9.77. The van der Waals surface area contributed by atoms with Crippen LogP contribution in [0.3, 0.4) is 0 Å². The number of carbonyl (C=O) groups is 1. The Bertz CT molecular complexity index is 1030. The number of rotatable bonds is 3. The molecule has 0 spiro atoms. The third-order valence-electron chi connectivity index (χ3n) is 4.65. The topological polar surface area (TPSA) is 69.4 Å². The van der Waals surface area contributed by atoms with E-state index in [4.69, 9.17) is 21.4 Å². The van der Waals surface area contributed by atoms with E-state index in [2.05, 4.69) is 24.0 Å². The van der Waals surface area contributed by atoms with Crippen LogP contribution < -0.4 is 0 Å². The predicted octanol–water partition coefficient (Wildman–Crippen LogP) is 3.75. The smallest absolute Gasteiger partial charge is 0.185 e. The fraction of sp³-hybridized carbons (Fsp3) is 0.368. The van der Waals surface area contributed by atoms with Crippen molar-refractivity contribution < 1.29 is 9.53 Å². The Labute approximate surface area is 156 Å². The van der Waals surface area contributed by atoms with Crippen LogP contribution in [0.2, 0.25) is 5.02 Å². The molecule has 1 aliphatic rings. The van der Waals surface area contributed by atoms with Gasteiger partial charge in [0.15, 0.2) is 17.1 Å². The van der Waals surface area contributed by atoms with Gasteiger partial charge in [0.2, 0.25) is 0 Å². The molecule has 0 saturated heterocycles. The quantitative estimate of drug-likeness (QED) is 0.702. The summed E-state index contributed by atoms with van der Waals surface area (Å²) in [7, 11) is 1.62. The number of ether oxygens (including phenoxy) is 1. The van der Waals surface area contributed by atoms with Crippen molar-refractivity contribution in [1.29, 1.82) is 0 Å². The molecule has 0 unspecified atom stereocenters. The van der Waals surface area contributed by atoms with Crippen molar-refractivity contribution in [1.82, 2.24) is 19.8 Å². The van der Waals surface area contributed by atoms with Gasteiger partial charge in [-0.1, -0.05) is 37.6 Å². The molecule has 0 N–H and O–H groups in total. The minimum Gasteiger partial charge on any atom is -0.378 e. The van der Waals surface area contributed by atoms with Crippen LogP contribution in [0.5, 0.6) is 0 Å². The summed E-state index contributed by atoms with van der Waals surface area (Å²) in [6.45, 7) is 4.49. The lowest BCUT2D eigenvalue weighted by Crippen LogP contribution is -2.30. The molecule has 1 aliphatic carbocycles. The largest absolute Gasteiger partial charge is 0.378 e. The van der Waals surface area contributed by atoms with Crippen LogP contribution in [0.1, 0.15) is 42.1 Å². The van der Waals surface area contributed by atoms with E-state index < -0.39 is 0 Å². The lowest BCUT2D eigenvalue weighted by Gasteiger charge is -2.29. The molecule has 0 aliphatic heterocycles. The Kier molecular flexibility index (Phi) is 4.04. The maximum absolute atomic E-state index is 12.5. The number of Topliss-reactive ketones (excluding diaryl/α,β-unsaturated/α-hetero) is 1. The van der Waals surface area contributed by atoms with Gasteiger partial charge in [-0.25, -0.2) is 4.52 Å². The van der Waals surface area contributed by atoms with Gasteiger partial charge in [0.25, 0.3) is 0 Å². The number of halogens is 1. The number of carbonyl (C=O) groups excluding carboxylic acids is 1. The summed E-state index contributed by atoms with van der Waals surface area (Å²) in [5.41, 5.74) is 4.18. The molecule has 4 rings (SSSR count). The van der Waals surface area contributed by atoms with E-state index in [1.807, 2.05) is 24.3 Å². The highest BCUT2D eigenvalue weighted by Gasteiger charge is 2.35. The lowest BCUT2D eigenvalue weighted by molar-refractivity contribution is 0.0901. The minimum atomic E-state index is -0.135. The van der Waals surface area contributed by atoms with E-state index in [-0.39, 0.29) is 11.2 Å². The fourth-order valence-electron chi connectivity index (χ4n) is 3.58. The maximum atomic E-state index is 12.5. The molecule has 26 heavy (non-hydrogen) atoms. The number of hydrogen-bond donors (Lipinski definition) is 0. The molecule has 3 aromatic rings. The first kappa shape index (κ1) is 17.1. The Morgan fingerprint density at radius 3 is 2.81 bits per heavy atom. The second kappa shape index (κ2) is 6.14. The molecule has 0 radical (unpaired) electrons. The van der Waals surface area contributed by atoms with Crippen LogP contribution in [0.4, 0.5) is 0 Å². The first-order valence-electron chi connectivity index (χ1n) is 8.45. The van der Waals surface area contributed by atoms with Crippen molar-refractivity contribution in [2.75, 3.05) is 7.11 Å². The summed E-state index contributed by atoms with van der Waals surface area (Å²) >= 11 is 6.18. The molecule has 2 heterocycles. The first-order valence-corrected chi connectivity index (χ1v) is 8.83. The van der Waals surface area contributed by atoms with Crippen LogP contribution >= 0.6 is 11.6 Å². The Balaban J connectivity index is 2.01. The van der Waals surface area contributed by atoms with Crippen molar-refractivity contribution in [3.63, 3.8) is 0 Å². The molecule has 0 amide bonds. The van der Waals surface area contributed by atoms with Crippen molar-refractivity contribution in [3.8, 4) is 11.1 Å². The van der Waals surface area contributed by atoms with Crippen LogP contribution in [0, 0.1) is 5.41 Å². The highest BCUT2D eigenvalue weighted by Crippen LogP contribution is 2.36. The molecule has 2 aromatic heterocycles. The van der Waals surface area contributed by atoms with E-state index >= 15 is 0 Å². The van der Waals surface area contributed by atoms with E-state index in [0.29, 0.717) is 35.8 Å². The number of hydrogen-bond acceptors (Lipinski definition) is 5. The Morgan fingerprint density at radius 2 is 2.08 bits per heavy atom. The maximum Gasteiger partial charge on any atom is 0.185 e. The molecule has 1 aromatic carbocycles. The molecular formula is C19H19ClN4O2. The Hall–Kier alpha value is -2.31. The zero-order valence-corrected chi connectivity index (χ0v) is 15.7. The van der Waals surface area contributed by atoms with Gasteiger partial charge in [-0.2, -0.15) is 5.10 Å². The molecule has 6 nitrogen and oxygen atoms in total. The van der Waals surface area contributed by atoms with Crippen molar-refractivity contribution in [2.24, 2.45) is 5.41 Å². The predicted molar refractivity (Wildman–Crippen MR) is 98.4 cm³/mol. The van der Waals surface area contributed by atoms with E-state index in [9.17, 15) is 4.79 Å².